The highest BCUT2D eigenvalue weighted by atomic mass is 32.1. The minimum atomic E-state index is -0.372. The van der Waals surface area contributed by atoms with Gasteiger partial charge in [-0.1, -0.05) is 18.2 Å². The summed E-state index contributed by atoms with van der Waals surface area (Å²) in [6.45, 7) is 1.49. The van der Waals surface area contributed by atoms with E-state index >= 15 is 0 Å². The van der Waals surface area contributed by atoms with Crippen LogP contribution in [0.3, 0.4) is 0 Å². The zero-order valence-corrected chi connectivity index (χ0v) is 19.2. The summed E-state index contributed by atoms with van der Waals surface area (Å²) >= 11 is 5.80. The van der Waals surface area contributed by atoms with Crippen LogP contribution in [-0.4, -0.2) is 51.9 Å². The van der Waals surface area contributed by atoms with E-state index in [-0.39, 0.29) is 24.2 Å². The van der Waals surface area contributed by atoms with Crippen LogP contribution in [0.15, 0.2) is 67.0 Å². The van der Waals surface area contributed by atoms with Gasteiger partial charge in [-0.3, -0.25) is 4.98 Å². The zero-order valence-electron chi connectivity index (χ0n) is 18.4. The second-order valence-corrected chi connectivity index (χ2v) is 8.61. The van der Waals surface area contributed by atoms with Crippen LogP contribution in [0.25, 0.3) is 5.69 Å². The largest absolute Gasteiger partial charge is 0.465 e. The average Bonchev–Trinajstić information content (AvgIpc) is 3.60. The molecule has 1 aromatic carbocycles. The van der Waals surface area contributed by atoms with Gasteiger partial charge in [0.05, 0.1) is 42.2 Å². The molecule has 0 spiro atoms. The number of para-hydroxylation sites is 1. The molecule has 8 heteroatoms. The third kappa shape index (κ3) is 4.12. The van der Waals surface area contributed by atoms with Crippen molar-refractivity contribution >= 4 is 23.3 Å². The Morgan fingerprint density at radius 1 is 1.21 bits per heavy atom. The highest BCUT2D eigenvalue weighted by Gasteiger charge is 2.42. The van der Waals surface area contributed by atoms with Gasteiger partial charge < -0.3 is 24.3 Å². The first-order valence-electron chi connectivity index (χ1n) is 11.1. The summed E-state index contributed by atoms with van der Waals surface area (Å²) in [6.07, 6.45) is 5.99. The smallest absolute Gasteiger partial charge is 0.339 e. The lowest BCUT2D eigenvalue weighted by atomic mass is 10.0. The zero-order chi connectivity index (χ0) is 22.8. The molecule has 0 aliphatic carbocycles. The number of carbonyl (C=O) groups is 1. The van der Waals surface area contributed by atoms with Crippen molar-refractivity contribution in [1.82, 2.24) is 19.8 Å². The molecule has 0 saturated carbocycles. The van der Waals surface area contributed by atoms with Crippen molar-refractivity contribution in [1.29, 1.82) is 0 Å². The van der Waals surface area contributed by atoms with Crippen LogP contribution >= 0.6 is 12.2 Å². The van der Waals surface area contributed by atoms with Crippen molar-refractivity contribution in [2.24, 2.45) is 0 Å². The Hall–Kier alpha value is -3.23. The van der Waals surface area contributed by atoms with Gasteiger partial charge in [-0.2, -0.15) is 0 Å². The quantitative estimate of drug-likeness (QED) is 0.441. The molecule has 5 rings (SSSR count). The molecule has 0 bridgehead atoms. The van der Waals surface area contributed by atoms with E-state index in [1.807, 2.05) is 53.2 Å². The Balaban J connectivity index is 1.60. The van der Waals surface area contributed by atoms with Crippen LogP contribution in [0.5, 0.6) is 0 Å². The minimum absolute atomic E-state index is 0.127. The first-order chi connectivity index (χ1) is 16.2. The molecule has 2 aliphatic rings. The third-order valence-corrected chi connectivity index (χ3v) is 6.63. The molecule has 1 N–H and O–H groups in total. The number of benzene rings is 1. The summed E-state index contributed by atoms with van der Waals surface area (Å²) in [5.74, 6) is -0.372. The van der Waals surface area contributed by atoms with E-state index < -0.39 is 0 Å². The van der Waals surface area contributed by atoms with E-state index in [4.69, 9.17) is 21.7 Å². The predicted molar refractivity (Wildman–Crippen MR) is 128 cm³/mol. The van der Waals surface area contributed by atoms with E-state index in [0.717, 1.165) is 36.5 Å². The first kappa shape index (κ1) is 21.6. The van der Waals surface area contributed by atoms with Gasteiger partial charge in [0.1, 0.15) is 0 Å². The summed E-state index contributed by atoms with van der Waals surface area (Å²) in [6, 6.07) is 17.2. The molecular formula is C25H26N4O3S. The molecule has 3 atom stereocenters. The maximum atomic E-state index is 12.5. The maximum Gasteiger partial charge on any atom is 0.339 e. The van der Waals surface area contributed by atoms with Crippen LogP contribution in [0.4, 0.5) is 0 Å². The highest BCUT2D eigenvalue weighted by molar-refractivity contribution is 7.80. The molecule has 0 amide bonds. The van der Waals surface area contributed by atoms with Gasteiger partial charge in [0.25, 0.3) is 0 Å². The summed E-state index contributed by atoms with van der Waals surface area (Å²) in [5, 5.41) is 4.17. The van der Waals surface area contributed by atoms with Gasteiger partial charge in [0.2, 0.25) is 0 Å². The lowest BCUT2D eigenvalue weighted by Gasteiger charge is -2.30. The fraction of sp³-hybridized carbons (Fsp3) is 0.320. The minimum Gasteiger partial charge on any atom is -0.465 e. The number of hydrogen-bond acceptors (Lipinski definition) is 5. The van der Waals surface area contributed by atoms with Crippen molar-refractivity contribution in [2.45, 2.75) is 31.0 Å². The number of methoxy groups -OCH3 is 1. The molecule has 7 nitrogen and oxygen atoms in total. The number of nitrogens with zero attached hydrogens (tertiary/aromatic N) is 3. The molecule has 0 radical (unpaired) electrons. The number of ether oxygens (including phenoxy) is 2. The van der Waals surface area contributed by atoms with Crippen LogP contribution in [0.1, 0.15) is 46.7 Å². The number of nitrogens with one attached hydrogen (secondary N) is 1. The van der Waals surface area contributed by atoms with Gasteiger partial charge in [-0.15, -0.1) is 0 Å². The van der Waals surface area contributed by atoms with E-state index in [0.29, 0.717) is 17.2 Å². The molecule has 2 fully saturated rings. The van der Waals surface area contributed by atoms with Crippen molar-refractivity contribution in [3.05, 3.63) is 83.9 Å². The summed E-state index contributed by atoms with van der Waals surface area (Å²) in [4.78, 5) is 19.3. The number of aromatic nitrogens is 2. The van der Waals surface area contributed by atoms with Crippen LogP contribution in [0, 0.1) is 0 Å². The monoisotopic (exact) mass is 462 g/mol. The molecule has 4 heterocycles. The van der Waals surface area contributed by atoms with Gasteiger partial charge in [-0.05, 0) is 61.5 Å². The SMILES string of the molecule is COC(=O)c1ccccc1-n1cccc1C1C(c2ccccn2)NC(=S)N1CC1CCCO1. The second kappa shape index (κ2) is 9.33. The van der Waals surface area contributed by atoms with Gasteiger partial charge in [0, 0.05) is 31.2 Å². The van der Waals surface area contributed by atoms with Crippen LogP contribution < -0.4 is 5.32 Å². The number of esters is 1. The van der Waals surface area contributed by atoms with Crippen molar-refractivity contribution in [2.75, 3.05) is 20.3 Å². The summed E-state index contributed by atoms with van der Waals surface area (Å²) in [5.41, 5.74) is 3.19. The Bertz CT molecular complexity index is 1140. The van der Waals surface area contributed by atoms with Crippen molar-refractivity contribution in [3.63, 3.8) is 0 Å². The van der Waals surface area contributed by atoms with E-state index in [1.165, 1.54) is 7.11 Å². The number of carbonyl (C=O) groups excluding carboxylic acids is 1. The fourth-order valence-corrected chi connectivity index (χ4v) is 5.07. The fourth-order valence-electron chi connectivity index (χ4n) is 4.75. The maximum absolute atomic E-state index is 12.5. The molecule has 3 aromatic rings. The molecular weight excluding hydrogens is 436 g/mol. The van der Waals surface area contributed by atoms with E-state index in [1.54, 1.807) is 12.3 Å². The normalized spacial score (nSPS) is 22.4. The number of pyridine rings is 1. The van der Waals surface area contributed by atoms with Crippen molar-refractivity contribution < 1.29 is 14.3 Å². The topological polar surface area (TPSA) is 68.6 Å². The molecule has 2 aromatic heterocycles. The first-order valence-corrected chi connectivity index (χ1v) is 11.5. The number of rotatable bonds is 6. The Morgan fingerprint density at radius 2 is 2.06 bits per heavy atom. The Labute approximate surface area is 198 Å². The predicted octanol–water partition coefficient (Wildman–Crippen LogP) is 3.81. The standard InChI is InChI=1S/C25H26N4O3S/c1-31-24(30)18-9-2-3-11-20(18)28-14-6-12-21(28)23-22(19-10-4-5-13-26-19)27-25(33)29(23)16-17-8-7-15-32-17/h2-6,9-14,17,22-23H,7-8,15-16H2,1H3,(H,27,33). The van der Waals surface area contributed by atoms with Gasteiger partial charge in [-0.25, -0.2) is 4.79 Å². The highest BCUT2D eigenvalue weighted by Crippen LogP contribution is 2.40. The van der Waals surface area contributed by atoms with E-state index in [9.17, 15) is 4.79 Å². The summed E-state index contributed by atoms with van der Waals surface area (Å²) < 4.78 is 13.0. The van der Waals surface area contributed by atoms with Crippen LogP contribution in [-0.2, 0) is 9.47 Å². The third-order valence-electron chi connectivity index (χ3n) is 6.27. The second-order valence-electron chi connectivity index (χ2n) is 8.23. The molecule has 170 valence electrons. The lowest BCUT2D eigenvalue weighted by molar-refractivity contribution is 0.0600. The summed E-state index contributed by atoms with van der Waals surface area (Å²) in [7, 11) is 1.40. The molecule has 2 saturated heterocycles. The molecule has 33 heavy (non-hydrogen) atoms. The van der Waals surface area contributed by atoms with Gasteiger partial charge in [0.15, 0.2) is 5.11 Å². The number of hydrogen-bond donors (Lipinski definition) is 1. The lowest BCUT2D eigenvalue weighted by Crippen LogP contribution is -2.36. The number of thiocarbonyl (C=S) groups is 1. The van der Waals surface area contributed by atoms with Crippen molar-refractivity contribution in [3.8, 4) is 5.69 Å². The van der Waals surface area contributed by atoms with E-state index in [2.05, 4.69) is 21.3 Å². The molecule has 3 unspecified atom stereocenters. The Kier molecular flexibility index (Phi) is 6.11. The van der Waals surface area contributed by atoms with Gasteiger partial charge >= 0.3 is 5.97 Å². The van der Waals surface area contributed by atoms with Crippen LogP contribution in [0.2, 0.25) is 0 Å². The molecule has 2 aliphatic heterocycles. The average molecular weight is 463 g/mol. The Morgan fingerprint density at radius 3 is 2.82 bits per heavy atom.